The Morgan fingerprint density at radius 3 is 2.65 bits per heavy atom. The fourth-order valence-corrected chi connectivity index (χ4v) is 5.89. The molecule has 2 aliphatic heterocycles. The van der Waals surface area contributed by atoms with Gasteiger partial charge in [0.25, 0.3) is 15.7 Å². The van der Waals surface area contributed by atoms with Crippen molar-refractivity contribution in [2.45, 2.75) is 36.2 Å². The Labute approximate surface area is 149 Å². The third kappa shape index (κ3) is 3.39. The summed E-state index contributed by atoms with van der Waals surface area (Å²) in [6, 6.07) is 3.83. The van der Waals surface area contributed by atoms with Crippen LogP contribution in [0.25, 0.3) is 0 Å². The van der Waals surface area contributed by atoms with Crippen LogP contribution in [0.15, 0.2) is 27.6 Å². The fourth-order valence-electron chi connectivity index (χ4n) is 3.29. The molecule has 3 rings (SSSR count). The van der Waals surface area contributed by atoms with Gasteiger partial charge in [0, 0.05) is 29.2 Å². The van der Waals surface area contributed by atoms with E-state index in [1.54, 1.807) is 0 Å². The predicted octanol–water partition coefficient (Wildman–Crippen LogP) is 2.29. The highest BCUT2D eigenvalue weighted by Gasteiger charge is 2.45. The molecule has 1 aromatic rings. The average Bonchev–Trinajstić information content (AvgIpc) is 2.72. The molecule has 2 heterocycles. The van der Waals surface area contributed by atoms with Crippen molar-refractivity contribution in [3.05, 3.63) is 32.8 Å². The lowest BCUT2D eigenvalue weighted by atomic mass is 10.1. The van der Waals surface area contributed by atoms with Crippen LogP contribution in [0, 0.1) is 10.1 Å². The second kappa shape index (κ2) is 7.02. The third-order valence-electron chi connectivity index (χ3n) is 4.26. The van der Waals surface area contributed by atoms with Crippen LogP contribution in [0.5, 0.6) is 0 Å². The molecule has 2 aliphatic rings. The summed E-state index contributed by atoms with van der Waals surface area (Å²) in [7, 11) is -3.90. The van der Waals surface area contributed by atoms with Gasteiger partial charge < -0.3 is 5.32 Å². The van der Waals surface area contributed by atoms with Crippen LogP contribution in [0.2, 0.25) is 0 Å². The van der Waals surface area contributed by atoms with Crippen LogP contribution in [0.1, 0.15) is 19.3 Å². The predicted molar refractivity (Wildman–Crippen MR) is 91.4 cm³/mol. The quantitative estimate of drug-likeness (QED) is 0.591. The van der Waals surface area contributed by atoms with Crippen LogP contribution in [0.4, 0.5) is 5.69 Å². The number of hydrogen-bond acceptors (Lipinski definition) is 5. The number of hydrogen-bond donors (Lipinski definition) is 1. The lowest BCUT2D eigenvalue weighted by Crippen LogP contribution is -2.42. The van der Waals surface area contributed by atoms with E-state index in [4.69, 9.17) is 0 Å². The Bertz CT molecular complexity index is 701. The van der Waals surface area contributed by atoms with Gasteiger partial charge in [0.2, 0.25) is 0 Å². The molecule has 2 saturated heterocycles. The van der Waals surface area contributed by atoms with Crippen LogP contribution in [0.3, 0.4) is 0 Å². The number of benzene rings is 1. The molecule has 0 spiro atoms. The molecule has 0 aromatic heterocycles. The molecule has 2 bridgehead atoms. The van der Waals surface area contributed by atoms with E-state index in [2.05, 4.69) is 21.2 Å². The second-order valence-electron chi connectivity index (χ2n) is 5.58. The number of nitro groups is 1. The van der Waals surface area contributed by atoms with Gasteiger partial charge in [-0.25, -0.2) is 8.42 Å². The van der Waals surface area contributed by atoms with E-state index < -0.39 is 14.9 Å². The minimum absolute atomic E-state index is 0. The zero-order valence-corrected chi connectivity index (χ0v) is 15.4. The highest BCUT2D eigenvalue weighted by molar-refractivity contribution is 9.10. The van der Waals surface area contributed by atoms with Gasteiger partial charge in [-0.1, -0.05) is 15.9 Å². The number of halogens is 2. The topological polar surface area (TPSA) is 92.5 Å². The maximum atomic E-state index is 13.1. The maximum Gasteiger partial charge on any atom is 0.289 e. The van der Waals surface area contributed by atoms with Crippen molar-refractivity contribution >= 4 is 44.0 Å². The molecule has 2 unspecified atom stereocenters. The number of nitrogens with one attached hydrogen (secondary N) is 1. The molecule has 0 aliphatic carbocycles. The largest absolute Gasteiger partial charge is 0.315 e. The lowest BCUT2D eigenvalue weighted by molar-refractivity contribution is -0.387. The number of fused-ring (bicyclic) bond motifs is 2. The molecular weight excluding hydrogens is 410 g/mol. The maximum absolute atomic E-state index is 13.1. The van der Waals surface area contributed by atoms with Crippen molar-refractivity contribution in [3.8, 4) is 0 Å². The summed E-state index contributed by atoms with van der Waals surface area (Å²) in [4.78, 5) is 10.3. The molecule has 2 fully saturated rings. The Kier molecular flexibility index (Phi) is 5.68. The van der Waals surface area contributed by atoms with Crippen LogP contribution in [-0.2, 0) is 10.0 Å². The minimum atomic E-state index is -3.90. The molecule has 0 radical (unpaired) electrons. The normalized spacial score (nSPS) is 24.7. The smallest absolute Gasteiger partial charge is 0.289 e. The van der Waals surface area contributed by atoms with E-state index in [0.29, 0.717) is 11.0 Å². The summed E-state index contributed by atoms with van der Waals surface area (Å²) >= 11 is 3.21. The highest BCUT2D eigenvalue weighted by atomic mass is 79.9. The number of nitro benzene ring substituents is 1. The van der Waals surface area contributed by atoms with Gasteiger partial charge in [-0.15, -0.1) is 12.4 Å². The van der Waals surface area contributed by atoms with Crippen molar-refractivity contribution in [3.63, 3.8) is 0 Å². The van der Waals surface area contributed by atoms with Crippen molar-refractivity contribution in [1.82, 2.24) is 9.62 Å². The first-order valence-corrected chi connectivity index (χ1v) is 9.33. The number of rotatable bonds is 3. The second-order valence-corrected chi connectivity index (χ2v) is 8.31. The van der Waals surface area contributed by atoms with Crippen molar-refractivity contribution in [1.29, 1.82) is 0 Å². The molecule has 23 heavy (non-hydrogen) atoms. The van der Waals surface area contributed by atoms with E-state index in [1.165, 1.54) is 22.5 Å². The molecule has 2 atom stereocenters. The third-order valence-corrected chi connectivity index (χ3v) is 6.79. The van der Waals surface area contributed by atoms with Gasteiger partial charge in [-0.05, 0) is 37.9 Å². The van der Waals surface area contributed by atoms with Gasteiger partial charge in [0.05, 0.1) is 4.92 Å². The van der Waals surface area contributed by atoms with Crippen molar-refractivity contribution in [2.75, 3.05) is 13.1 Å². The van der Waals surface area contributed by atoms with Gasteiger partial charge in [-0.2, -0.15) is 4.31 Å². The molecular formula is C13H17BrClN3O4S. The van der Waals surface area contributed by atoms with E-state index in [-0.39, 0.29) is 35.1 Å². The van der Waals surface area contributed by atoms with Crippen LogP contribution < -0.4 is 5.32 Å². The summed E-state index contributed by atoms with van der Waals surface area (Å²) < 4.78 is 28.1. The Morgan fingerprint density at radius 2 is 1.96 bits per heavy atom. The zero-order valence-electron chi connectivity index (χ0n) is 12.1. The molecule has 0 amide bonds. The average molecular weight is 427 g/mol. The first-order valence-electron chi connectivity index (χ1n) is 7.09. The van der Waals surface area contributed by atoms with E-state index in [9.17, 15) is 18.5 Å². The monoisotopic (exact) mass is 425 g/mol. The summed E-state index contributed by atoms with van der Waals surface area (Å²) in [5.74, 6) is 0. The lowest BCUT2D eigenvalue weighted by Gasteiger charge is -2.26. The van der Waals surface area contributed by atoms with E-state index >= 15 is 0 Å². The molecule has 0 saturated carbocycles. The highest BCUT2D eigenvalue weighted by Crippen LogP contribution is 2.37. The number of nitrogens with zero attached hydrogens (tertiary/aromatic N) is 2. The van der Waals surface area contributed by atoms with Gasteiger partial charge in [0.1, 0.15) is 0 Å². The molecule has 10 heteroatoms. The Balaban J connectivity index is 0.00000192. The van der Waals surface area contributed by atoms with Crippen molar-refractivity contribution < 1.29 is 13.3 Å². The Hall–Kier alpha value is -0.740. The van der Waals surface area contributed by atoms with Crippen molar-refractivity contribution in [2.24, 2.45) is 0 Å². The van der Waals surface area contributed by atoms with Crippen LogP contribution >= 0.6 is 28.3 Å². The molecule has 1 N–H and O–H groups in total. The first-order chi connectivity index (χ1) is 10.4. The molecule has 128 valence electrons. The van der Waals surface area contributed by atoms with Gasteiger partial charge >= 0.3 is 0 Å². The minimum Gasteiger partial charge on any atom is -0.315 e. The fraction of sp³-hybridized carbons (Fsp3) is 0.538. The van der Waals surface area contributed by atoms with Crippen LogP contribution in [-0.4, -0.2) is 42.8 Å². The van der Waals surface area contributed by atoms with E-state index in [0.717, 1.165) is 25.8 Å². The van der Waals surface area contributed by atoms with Gasteiger partial charge in [-0.3, -0.25) is 10.1 Å². The van der Waals surface area contributed by atoms with Gasteiger partial charge in [0.15, 0.2) is 4.90 Å². The van der Waals surface area contributed by atoms with E-state index in [1.807, 2.05) is 0 Å². The standard InChI is InChI=1S/C13H16BrN3O4S.ClH/c14-9-1-4-12(17(18)19)13(7-9)22(20,21)16-10-2-3-11(16)8-15-6-5-10;/h1,4,7,10-11,15H,2-3,5-6,8H2;1H. The Morgan fingerprint density at radius 1 is 1.26 bits per heavy atom. The summed E-state index contributed by atoms with van der Waals surface area (Å²) in [6.45, 7) is 1.37. The summed E-state index contributed by atoms with van der Waals surface area (Å²) in [5.41, 5.74) is -0.375. The molecule has 7 nitrogen and oxygen atoms in total. The SMILES string of the molecule is Cl.O=[N+]([O-])c1ccc(Br)cc1S(=O)(=O)N1C2CCNCC1CC2. The summed E-state index contributed by atoms with van der Waals surface area (Å²) in [6.07, 6.45) is 2.34. The number of sulfonamides is 1. The first kappa shape index (κ1) is 18.6. The zero-order chi connectivity index (χ0) is 15.9. The molecule has 1 aromatic carbocycles. The summed E-state index contributed by atoms with van der Waals surface area (Å²) in [5, 5.41) is 14.4.